The molecule has 0 fully saturated rings. The molecule has 0 rings (SSSR count). The van der Waals surface area contributed by atoms with Crippen LogP contribution in [-0.2, 0) is 16.5 Å². The SMILES string of the molecule is C[Si](C)(C)O[SiH2]CCC[Si](C)(O[SiH2]O[Si](C)(C)C)O[Si](C)(C)C. The Morgan fingerprint density at radius 1 is 0.652 bits per heavy atom. The third kappa shape index (κ3) is 16.4. The van der Waals surface area contributed by atoms with E-state index >= 15 is 0 Å². The van der Waals surface area contributed by atoms with Gasteiger partial charge in [-0.3, -0.25) is 0 Å². The second kappa shape index (κ2) is 9.73. The quantitative estimate of drug-likeness (QED) is 0.352. The molecule has 0 aliphatic heterocycles. The fraction of sp³-hybridized carbons (Fsp3) is 1.00. The van der Waals surface area contributed by atoms with E-state index in [1.165, 1.54) is 12.5 Å². The van der Waals surface area contributed by atoms with Crippen LogP contribution in [-0.4, -0.2) is 53.3 Å². The molecule has 140 valence electrons. The highest BCUT2D eigenvalue weighted by atomic mass is 28.5. The summed E-state index contributed by atoms with van der Waals surface area (Å²) < 4.78 is 24.9. The van der Waals surface area contributed by atoms with Crippen LogP contribution in [0.15, 0.2) is 0 Å². The molecule has 0 bridgehead atoms. The molecule has 0 heterocycles. The van der Waals surface area contributed by atoms with Crippen molar-refractivity contribution in [3.05, 3.63) is 0 Å². The average Bonchev–Trinajstić information content (AvgIpc) is 2.22. The highest BCUT2D eigenvalue weighted by Gasteiger charge is 2.36. The van der Waals surface area contributed by atoms with Crippen LogP contribution in [0.25, 0.3) is 0 Å². The topological polar surface area (TPSA) is 36.9 Å². The Morgan fingerprint density at radius 3 is 1.61 bits per heavy atom. The predicted octanol–water partition coefficient (Wildman–Crippen LogP) is 3.52. The molecular formula is C13H40O4Si6. The van der Waals surface area contributed by atoms with Crippen molar-refractivity contribution in [1.82, 2.24) is 0 Å². The molecule has 10 heteroatoms. The smallest absolute Gasteiger partial charge is 0.315 e. The normalized spacial score (nSPS) is 17.5. The van der Waals surface area contributed by atoms with Crippen molar-refractivity contribution >= 4 is 53.3 Å². The highest BCUT2D eigenvalue weighted by Crippen LogP contribution is 2.22. The lowest BCUT2D eigenvalue weighted by Gasteiger charge is -2.35. The Labute approximate surface area is 153 Å². The van der Waals surface area contributed by atoms with Crippen molar-refractivity contribution in [3.8, 4) is 0 Å². The standard InChI is InChI=1S/C13H40O4Si6/c1-20(2,3)14-18-12-11-13-23(10,17-22(7,8)9)16-19-15-21(4,5)6/h11-13,18-19H2,1-10H3. The van der Waals surface area contributed by atoms with Gasteiger partial charge in [-0.15, -0.1) is 0 Å². The van der Waals surface area contributed by atoms with Crippen LogP contribution in [0.4, 0.5) is 0 Å². The molecule has 4 nitrogen and oxygen atoms in total. The van der Waals surface area contributed by atoms with Crippen LogP contribution in [0.5, 0.6) is 0 Å². The summed E-state index contributed by atoms with van der Waals surface area (Å²) in [5.74, 6) is 0. The lowest BCUT2D eigenvalue weighted by molar-refractivity contribution is 0.359. The van der Waals surface area contributed by atoms with Gasteiger partial charge in [-0.25, -0.2) is 0 Å². The van der Waals surface area contributed by atoms with Gasteiger partial charge in [0.25, 0.3) is 10.0 Å². The first-order valence-electron chi connectivity index (χ1n) is 8.74. The van der Waals surface area contributed by atoms with Crippen molar-refractivity contribution in [2.24, 2.45) is 0 Å². The van der Waals surface area contributed by atoms with Gasteiger partial charge in [0, 0.05) is 0 Å². The van der Waals surface area contributed by atoms with Crippen LogP contribution in [0.1, 0.15) is 6.42 Å². The van der Waals surface area contributed by atoms with Crippen LogP contribution in [0.2, 0.25) is 77.6 Å². The summed E-state index contributed by atoms with van der Waals surface area (Å²) in [4.78, 5) is 0. The third-order valence-corrected chi connectivity index (χ3v) is 20.3. The molecule has 0 aliphatic carbocycles. The first-order valence-corrected chi connectivity index (χ1v) is 24.2. The van der Waals surface area contributed by atoms with Gasteiger partial charge in [0.05, 0.1) is 0 Å². The van der Waals surface area contributed by atoms with Crippen LogP contribution in [0, 0.1) is 0 Å². The summed E-state index contributed by atoms with van der Waals surface area (Å²) in [5.41, 5.74) is 0. The zero-order valence-corrected chi connectivity index (χ0v) is 24.0. The molecule has 0 radical (unpaired) electrons. The van der Waals surface area contributed by atoms with E-state index in [4.69, 9.17) is 16.5 Å². The molecule has 1 unspecified atom stereocenters. The molecule has 0 aromatic heterocycles. The lowest BCUT2D eigenvalue weighted by atomic mass is 10.6. The van der Waals surface area contributed by atoms with Gasteiger partial charge in [-0.1, -0.05) is 6.42 Å². The van der Waals surface area contributed by atoms with Crippen molar-refractivity contribution in [3.63, 3.8) is 0 Å². The number of rotatable bonds is 12. The van der Waals surface area contributed by atoms with Gasteiger partial charge in [-0.05, 0) is 77.6 Å². The van der Waals surface area contributed by atoms with Gasteiger partial charge in [0.15, 0.2) is 25.0 Å². The van der Waals surface area contributed by atoms with Crippen molar-refractivity contribution in [2.45, 2.75) is 84.0 Å². The van der Waals surface area contributed by atoms with E-state index in [9.17, 15) is 0 Å². The average molecular weight is 429 g/mol. The first-order chi connectivity index (χ1) is 10.1. The van der Waals surface area contributed by atoms with Crippen LogP contribution >= 0.6 is 0 Å². The van der Waals surface area contributed by atoms with Crippen molar-refractivity contribution in [2.75, 3.05) is 0 Å². The molecular weight excluding hydrogens is 389 g/mol. The molecule has 0 amide bonds. The third-order valence-electron chi connectivity index (χ3n) is 2.94. The van der Waals surface area contributed by atoms with Gasteiger partial charge < -0.3 is 16.5 Å². The zero-order chi connectivity index (χ0) is 18.4. The molecule has 0 saturated heterocycles. The maximum atomic E-state index is 6.50. The Morgan fingerprint density at radius 2 is 1.17 bits per heavy atom. The Bertz CT molecular complexity index is 337. The van der Waals surface area contributed by atoms with Gasteiger partial charge in [0.2, 0.25) is 0 Å². The Kier molecular flexibility index (Phi) is 10.2. The van der Waals surface area contributed by atoms with E-state index in [2.05, 4.69) is 65.5 Å². The monoisotopic (exact) mass is 428 g/mol. The summed E-state index contributed by atoms with van der Waals surface area (Å²) in [5, 5.41) is 0. The summed E-state index contributed by atoms with van der Waals surface area (Å²) >= 11 is 0. The van der Waals surface area contributed by atoms with Crippen LogP contribution < -0.4 is 0 Å². The fourth-order valence-electron chi connectivity index (χ4n) is 2.06. The summed E-state index contributed by atoms with van der Waals surface area (Å²) in [6.07, 6.45) is 1.19. The van der Waals surface area contributed by atoms with Crippen LogP contribution in [0.3, 0.4) is 0 Å². The van der Waals surface area contributed by atoms with E-state index in [0.29, 0.717) is 0 Å². The maximum absolute atomic E-state index is 6.50. The molecule has 0 aliphatic rings. The largest absolute Gasteiger partial charge is 0.461 e. The zero-order valence-electron chi connectivity index (χ0n) is 17.2. The minimum Gasteiger partial charge on any atom is -0.461 e. The number of hydrogen-bond acceptors (Lipinski definition) is 4. The summed E-state index contributed by atoms with van der Waals surface area (Å²) in [6.45, 7) is 22.5. The fourth-order valence-corrected chi connectivity index (χ4v) is 17.0. The molecule has 1 atom stereocenters. The molecule has 0 N–H and O–H groups in total. The van der Waals surface area contributed by atoms with Crippen molar-refractivity contribution in [1.29, 1.82) is 0 Å². The second-order valence-corrected chi connectivity index (χ2v) is 30.4. The van der Waals surface area contributed by atoms with Crippen molar-refractivity contribution < 1.29 is 16.5 Å². The van der Waals surface area contributed by atoms with Gasteiger partial charge in [0.1, 0.15) is 9.76 Å². The minimum absolute atomic E-state index is 0.374. The van der Waals surface area contributed by atoms with E-state index in [1.54, 1.807) is 0 Å². The van der Waals surface area contributed by atoms with E-state index in [1.807, 2.05) is 0 Å². The molecule has 0 spiro atoms. The minimum atomic E-state index is -2.08. The van der Waals surface area contributed by atoms with E-state index < -0.39 is 43.5 Å². The highest BCUT2D eigenvalue weighted by molar-refractivity contribution is 6.84. The van der Waals surface area contributed by atoms with E-state index in [-0.39, 0.29) is 9.76 Å². The summed E-state index contributed by atoms with van der Waals surface area (Å²) in [6, 6.07) is 2.32. The first kappa shape index (κ1) is 24.1. The molecule has 23 heavy (non-hydrogen) atoms. The molecule has 0 aromatic rings. The number of hydrogen-bond donors (Lipinski definition) is 0. The maximum Gasteiger partial charge on any atom is 0.315 e. The van der Waals surface area contributed by atoms with E-state index in [0.717, 1.165) is 6.04 Å². The Balaban J connectivity index is 4.38. The Hall–Kier alpha value is 1.14. The predicted molar refractivity (Wildman–Crippen MR) is 117 cm³/mol. The summed E-state index contributed by atoms with van der Waals surface area (Å²) in [7, 11) is -7.76. The lowest BCUT2D eigenvalue weighted by Crippen LogP contribution is -2.49. The second-order valence-electron chi connectivity index (χ2n) is 9.29. The molecule has 0 saturated carbocycles. The van der Waals surface area contributed by atoms with Gasteiger partial charge >= 0.3 is 8.56 Å². The molecule has 0 aromatic carbocycles. The van der Waals surface area contributed by atoms with Gasteiger partial charge in [-0.2, -0.15) is 0 Å².